The van der Waals surface area contributed by atoms with Crippen LogP contribution >= 0.6 is 11.3 Å². The van der Waals surface area contributed by atoms with Gasteiger partial charge in [-0.2, -0.15) is 5.26 Å². The van der Waals surface area contributed by atoms with Crippen LogP contribution in [-0.2, 0) is 33.6 Å². The molecule has 0 fully saturated rings. The molecule has 2 N–H and O–H groups in total. The Morgan fingerprint density at radius 1 is 1.00 bits per heavy atom. The summed E-state index contributed by atoms with van der Waals surface area (Å²) in [6, 6.07) is 16.1. The first-order chi connectivity index (χ1) is 18.0. The zero-order valence-electron chi connectivity index (χ0n) is 20.5. The number of amides is 2. The van der Waals surface area contributed by atoms with Gasteiger partial charge in [-0.3, -0.25) is 9.59 Å². The number of benzene rings is 2. The number of fused-ring (bicyclic) bond motifs is 1. The number of rotatable bonds is 9. The van der Waals surface area contributed by atoms with E-state index >= 15 is 0 Å². The van der Waals surface area contributed by atoms with Gasteiger partial charge in [-0.25, -0.2) is 4.79 Å². The van der Waals surface area contributed by atoms with Crippen LogP contribution in [0.2, 0.25) is 0 Å². The molecule has 0 bridgehead atoms. The molecule has 9 heteroatoms. The highest BCUT2D eigenvalue weighted by molar-refractivity contribution is 7.16. The molecule has 0 saturated heterocycles. The predicted molar refractivity (Wildman–Crippen MR) is 141 cm³/mol. The number of methoxy groups -OCH3 is 1. The zero-order chi connectivity index (χ0) is 26.2. The Hall–Kier alpha value is -4.16. The number of carbonyl (C=O) groups excluding carboxylic acids is 3. The van der Waals surface area contributed by atoms with E-state index in [9.17, 15) is 19.6 Å². The summed E-state index contributed by atoms with van der Waals surface area (Å²) in [5, 5.41) is 15.5. The van der Waals surface area contributed by atoms with Crippen molar-refractivity contribution in [1.82, 2.24) is 0 Å². The molecular formula is C28H27N3O5S. The van der Waals surface area contributed by atoms with Gasteiger partial charge in [-0.05, 0) is 67.5 Å². The van der Waals surface area contributed by atoms with E-state index in [1.165, 1.54) is 17.4 Å². The number of ether oxygens (including phenoxy) is 2. The first-order valence-electron chi connectivity index (χ1n) is 12.0. The van der Waals surface area contributed by atoms with Crippen molar-refractivity contribution in [2.75, 3.05) is 24.4 Å². The number of hydrogen-bond donors (Lipinski definition) is 2. The first-order valence-corrected chi connectivity index (χ1v) is 12.8. The van der Waals surface area contributed by atoms with Crippen LogP contribution in [0.15, 0.2) is 48.5 Å². The van der Waals surface area contributed by atoms with E-state index < -0.39 is 18.5 Å². The van der Waals surface area contributed by atoms with E-state index in [2.05, 4.69) is 16.7 Å². The van der Waals surface area contributed by atoms with E-state index in [4.69, 9.17) is 9.47 Å². The van der Waals surface area contributed by atoms with E-state index in [0.717, 1.165) is 47.4 Å². The molecular weight excluding hydrogens is 490 g/mol. The molecule has 1 aliphatic rings. The zero-order valence-corrected chi connectivity index (χ0v) is 21.3. The van der Waals surface area contributed by atoms with Gasteiger partial charge in [0.25, 0.3) is 5.91 Å². The maximum absolute atomic E-state index is 12.7. The Morgan fingerprint density at radius 3 is 2.51 bits per heavy atom. The standard InChI is InChI=1S/C28H27N3O5S/c1-35-19-13-10-18(11-14-19)12-15-25(32)30-23-8-4-2-7-21(23)28(34)36-17-26(33)31-27-22(16-29)20-6-3-5-9-24(20)37-27/h2,4,7-8,10-11,13-14H,3,5-6,9,12,15,17H2,1H3,(H,30,32)(H,31,33). The second kappa shape index (κ2) is 12.2. The number of hydrogen-bond acceptors (Lipinski definition) is 7. The Kier molecular flexibility index (Phi) is 8.54. The highest BCUT2D eigenvalue weighted by Gasteiger charge is 2.22. The third kappa shape index (κ3) is 6.54. The van der Waals surface area contributed by atoms with Crippen molar-refractivity contribution in [3.63, 3.8) is 0 Å². The smallest absolute Gasteiger partial charge is 0.340 e. The average Bonchev–Trinajstić information content (AvgIpc) is 3.27. The molecule has 0 saturated carbocycles. The van der Waals surface area contributed by atoms with Crippen molar-refractivity contribution in [1.29, 1.82) is 5.26 Å². The van der Waals surface area contributed by atoms with Crippen molar-refractivity contribution in [3.8, 4) is 11.8 Å². The molecule has 8 nitrogen and oxygen atoms in total. The van der Waals surface area contributed by atoms with Gasteiger partial charge in [0.15, 0.2) is 6.61 Å². The van der Waals surface area contributed by atoms with E-state index in [1.807, 2.05) is 24.3 Å². The summed E-state index contributed by atoms with van der Waals surface area (Å²) in [5.41, 5.74) is 2.97. The van der Waals surface area contributed by atoms with Gasteiger partial charge in [0.2, 0.25) is 5.91 Å². The number of thiophene rings is 1. The largest absolute Gasteiger partial charge is 0.497 e. The Balaban J connectivity index is 1.32. The van der Waals surface area contributed by atoms with Gasteiger partial charge >= 0.3 is 5.97 Å². The van der Waals surface area contributed by atoms with Crippen molar-refractivity contribution in [3.05, 3.63) is 75.7 Å². The Morgan fingerprint density at radius 2 is 1.76 bits per heavy atom. The van der Waals surface area contributed by atoms with Crippen LogP contribution in [0.1, 0.15) is 51.2 Å². The molecule has 4 rings (SSSR count). The molecule has 1 aromatic heterocycles. The molecule has 0 radical (unpaired) electrons. The third-order valence-corrected chi connectivity index (χ3v) is 7.30. The van der Waals surface area contributed by atoms with Crippen LogP contribution in [0, 0.1) is 11.3 Å². The number of nitrogens with zero attached hydrogens (tertiary/aromatic N) is 1. The maximum atomic E-state index is 12.7. The van der Waals surface area contributed by atoms with Gasteiger partial charge < -0.3 is 20.1 Å². The number of esters is 1. The summed E-state index contributed by atoms with van der Waals surface area (Å²) in [4.78, 5) is 38.8. The maximum Gasteiger partial charge on any atom is 0.340 e. The Labute approximate surface area is 219 Å². The highest BCUT2D eigenvalue weighted by Crippen LogP contribution is 2.37. The van der Waals surface area contributed by atoms with Crippen molar-refractivity contribution < 1.29 is 23.9 Å². The van der Waals surface area contributed by atoms with Crippen molar-refractivity contribution in [2.24, 2.45) is 0 Å². The van der Waals surface area contributed by atoms with Gasteiger partial charge in [0.1, 0.15) is 16.8 Å². The summed E-state index contributed by atoms with van der Waals surface area (Å²) >= 11 is 1.41. The Bertz CT molecular complexity index is 1340. The molecule has 1 heterocycles. The van der Waals surface area contributed by atoms with Crippen molar-refractivity contribution >= 4 is 39.8 Å². The van der Waals surface area contributed by atoms with Gasteiger partial charge in [0.05, 0.1) is 23.9 Å². The molecule has 2 aromatic carbocycles. The first kappa shape index (κ1) is 25.9. The van der Waals surface area contributed by atoms with E-state index in [-0.39, 0.29) is 17.9 Å². The fourth-order valence-corrected chi connectivity index (χ4v) is 5.43. The van der Waals surface area contributed by atoms with Crippen LogP contribution in [0.25, 0.3) is 0 Å². The molecule has 37 heavy (non-hydrogen) atoms. The molecule has 0 aliphatic heterocycles. The summed E-state index contributed by atoms with van der Waals surface area (Å²) in [6.07, 6.45) is 4.59. The minimum absolute atomic E-state index is 0.150. The van der Waals surface area contributed by atoms with E-state index in [1.54, 1.807) is 25.3 Å². The molecule has 0 spiro atoms. The molecule has 0 unspecified atom stereocenters. The lowest BCUT2D eigenvalue weighted by atomic mass is 9.96. The fraction of sp³-hybridized carbons (Fsp3) is 0.286. The number of aryl methyl sites for hydroxylation is 2. The molecule has 3 aromatic rings. The summed E-state index contributed by atoms with van der Waals surface area (Å²) in [6.45, 7) is -0.508. The van der Waals surface area contributed by atoms with Gasteiger partial charge in [-0.1, -0.05) is 24.3 Å². The lowest BCUT2D eigenvalue weighted by molar-refractivity contribution is -0.119. The predicted octanol–water partition coefficient (Wildman–Crippen LogP) is 4.87. The minimum atomic E-state index is -0.729. The monoisotopic (exact) mass is 517 g/mol. The number of para-hydroxylation sites is 1. The number of carbonyl (C=O) groups is 3. The lowest BCUT2D eigenvalue weighted by Gasteiger charge is -2.11. The topological polar surface area (TPSA) is 118 Å². The SMILES string of the molecule is COc1ccc(CCC(=O)Nc2ccccc2C(=O)OCC(=O)Nc2sc3c(c2C#N)CCCC3)cc1. The number of nitriles is 1. The van der Waals surface area contributed by atoms with Crippen LogP contribution in [0.4, 0.5) is 10.7 Å². The quantitative estimate of drug-likeness (QED) is 0.391. The summed E-state index contributed by atoms with van der Waals surface area (Å²) in [5.74, 6) is -0.759. The fourth-order valence-electron chi connectivity index (χ4n) is 4.18. The van der Waals surface area contributed by atoms with Crippen LogP contribution in [0.3, 0.4) is 0 Å². The normalized spacial score (nSPS) is 12.1. The second-order valence-corrected chi connectivity index (χ2v) is 9.70. The molecule has 2 amide bonds. The molecule has 0 atom stereocenters. The molecule has 1 aliphatic carbocycles. The van der Waals surface area contributed by atoms with Crippen LogP contribution < -0.4 is 15.4 Å². The van der Waals surface area contributed by atoms with Crippen LogP contribution in [0.5, 0.6) is 5.75 Å². The van der Waals surface area contributed by atoms with Crippen LogP contribution in [-0.4, -0.2) is 31.5 Å². The lowest BCUT2D eigenvalue weighted by Crippen LogP contribution is -2.22. The average molecular weight is 518 g/mol. The van der Waals surface area contributed by atoms with E-state index in [0.29, 0.717) is 22.7 Å². The summed E-state index contributed by atoms with van der Waals surface area (Å²) < 4.78 is 10.4. The van der Waals surface area contributed by atoms with Crippen molar-refractivity contribution in [2.45, 2.75) is 38.5 Å². The number of nitrogens with one attached hydrogen (secondary N) is 2. The van der Waals surface area contributed by atoms with Gasteiger partial charge in [-0.15, -0.1) is 11.3 Å². The van der Waals surface area contributed by atoms with Gasteiger partial charge in [0, 0.05) is 11.3 Å². The highest BCUT2D eigenvalue weighted by atomic mass is 32.1. The summed E-state index contributed by atoms with van der Waals surface area (Å²) in [7, 11) is 1.59. The second-order valence-electron chi connectivity index (χ2n) is 8.59. The third-order valence-electron chi connectivity index (χ3n) is 6.09. The number of anilines is 2. The molecule has 190 valence electrons. The minimum Gasteiger partial charge on any atom is -0.497 e.